The maximum atomic E-state index is 12.6. The van der Waals surface area contributed by atoms with Gasteiger partial charge in [0, 0.05) is 26.2 Å². The molecule has 114 valence electrons. The molecule has 1 amide bonds. The predicted molar refractivity (Wildman–Crippen MR) is 76.4 cm³/mol. The Labute approximate surface area is 122 Å². The van der Waals surface area contributed by atoms with E-state index in [0.717, 1.165) is 12.6 Å². The van der Waals surface area contributed by atoms with Crippen LogP contribution < -0.4 is 5.32 Å². The van der Waals surface area contributed by atoms with Crippen molar-refractivity contribution in [3.63, 3.8) is 0 Å². The fourth-order valence-corrected chi connectivity index (χ4v) is 2.24. The van der Waals surface area contributed by atoms with Gasteiger partial charge in [-0.3, -0.25) is 14.9 Å². The van der Waals surface area contributed by atoms with Crippen LogP contribution in [0.1, 0.15) is 23.7 Å². The Hall–Kier alpha value is -2.22. The Morgan fingerprint density at radius 3 is 3.05 bits per heavy atom. The summed E-state index contributed by atoms with van der Waals surface area (Å²) in [5, 5.41) is 13.6. The first-order valence-electron chi connectivity index (χ1n) is 6.79. The number of nitrogens with one attached hydrogen (secondary N) is 1. The van der Waals surface area contributed by atoms with Crippen molar-refractivity contribution in [3.8, 4) is 0 Å². The van der Waals surface area contributed by atoms with Gasteiger partial charge in [0.15, 0.2) is 0 Å². The third kappa shape index (κ3) is 3.27. The fraction of sp³-hybridized carbons (Fsp3) is 0.538. The highest BCUT2D eigenvalue weighted by Gasteiger charge is 2.27. The summed E-state index contributed by atoms with van der Waals surface area (Å²) >= 11 is 0. The fourth-order valence-electron chi connectivity index (χ4n) is 2.24. The van der Waals surface area contributed by atoms with E-state index in [4.69, 9.17) is 4.74 Å². The number of amides is 1. The van der Waals surface area contributed by atoms with E-state index >= 15 is 0 Å². The van der Waals surface area contributed by atoms with Gasteiger partial charge in [0.25, 0.3) is 11.6 Å². The average molecular weight is 294 g/mol. The van der Waals surface area contributed by atoms with Gasteiger partial charge >= 0.3 is 0 Å². The first-order valence-corrected chi connectivity index (χ1v) is 6.79. The van der Waals surface area contributed by atoms with E-state index in [0.29, 0.717) is 25.5 Å². The molecule has 21 heavy (non-hydrogen) atoms. The summed E-state index contributed by atoms with van der Waals surface area (Å²) in [6, 6.07) is 1.26. The standard InChI is InChI=1S/C13H18N4O4/c1-3-10-8-16(4-5-21-10)13(18)11-6-9(17(19)20)7-15-12(11)14-2/h6-7,10H,3-5,8H2,1-2H3,(H,14,15). The van der Waals surface area contributed by atoms with E-state index in [1.807, 2.05) is 6.92 Å². The van der Waals surface area contributed by atoms with Crippen molar-refractivity contribution >= 4 is 17.4 Å². The molecule has 0 aliphatic carbocycles. The van der Waals surface area contributed by atoms with Crippen LogP contribution in [0.4, 0.5) is 11.5 Å². The zero-order chi connectivity index (χ0) is 15.4. The van der Waals surface area contributed by atoms with Crippen molar-refractivity contribution in [1.82, 2.24) is 9.88 Å². The number of pyridine rings is 1. The maximum Gasteiger partial charge on any atom is 0.288 e. The summed E-state index contributed by atoms with van der Waals surface area (Å²) in [5.41, 5.74) is 0.0149. The highest BCUT2D eigenvalue weighted by Crippen LogP contribution is 2.22. The molecule has 1 aromatic rings. The molecule has 0 bridgehead atoms. The second kappa shape index (κ2) is 6.49. The topological polar surface area (TPSA) is 97.6 Å². The van der Waals surface area contributed by atoms with Crippen molar-refractivity contribution in [1.29, 1.82) is 0 Å². The van der Waals surface area contributed by atoms with Crippen LogP contribution in [0.5, 0.6) is 0 Å². The van der Waals surface area contributed by atoms with E-state index in [9.17, 15) is 14.9 Å². The normalized spacial score (nSPS) is 18.4. The lowest BCUT2D eigenvalue weighted by Gasteiger charge is -2.32. The van der Waals surface area contributed by atoms with Gasteiger partial charge in [0.1, 0.15) is 12.0 Å². The first kappa shape index (κ1) is 15.2. The van der Waals surface area contributed by atoms with E-state index < -0.39 is 4.92 Å². The number of morpholine rings is 1. The lowest BCUT2D eigenvalue weighted by Crippen LogP contribution is -2.45. The number of ether oxygens (including phenoxy) is 1. The molecule has 1 aromatic heterocycles. The molecule has 2 heterocycles. The smallest absolute Gasteiger partial charge is 0.288 e. The minimum atomic E-state index is -0.558. The van der Waals surface area contributed by atoms with Crippen molar-refractivity contribution in [2.24, 2.45) is 0 Å². The molecule has 1 aliphatic heterocycles. The van der Waals surface area contributed by atoms with Crippen molar-refractivity contribution in [2.75, 3.05) is 32.1 Å². The third-order valence-electron chi connectivity index (χ3n) is 3.43. The van der Waals surface area contributed by atoms with Crippen LogP contribution in [0.2, 0.25) is 0 Å². The van der Waals surface area contributed by atoms with Gasteiger partial charge in [0.2, 0.25) is 0 Å². The predicted octanol–water partition coefficient (Wildman–Crippen LogP) is 1.28. The van der Waals surface area contributed by atoms with Gasteiger partial charge < -0.3 is 15.0 Å². The van der Waals surface area contributed by atoms with Crippen molar-refractivity contribution in [2.45, 2.75) is 19.4 Å². The number of hydrogen-bond acceptors (Lipinski definition) is 6. The summed E-state index contributed by atoms with van der Waals surface area (Å²) in [5.74, 6) is 0.0717. The summed E-state index contributed by atoms with van der Waals surface area (Å²) in [6.07, 6.45) is 1.96. The highest BCUT2D eigenvalue weighted by molar-refractivity contribution is 5.99. The van der Waals surface area contributed by atoms with Gasteiger partial charge in [-0.15, -0.1) is 0 Å². The number of nitrogens with zero attached hydrogens (tertiary/aromatic N) is 3. The molecular weight excluding hydrogens is 276 g/mol. The second-order valence-electron chi connectivity index (χ2n) is 4.75. The molecule has 8 nitrogen and oxygen atoms in total. The Kier molecular flexibility index (Phi) is 4.69. The molecule has 1 saturated heterocycles. The highest BCUT2D eigenvalue weighted by atomic mass is 16.6. The minimum absolute atomic E-state index is 0.00685. The largest absolute Gasteiger partial charge is 0.375 e. The molecule has 8 heteroatoms. The first-order chi connectivity index (χ1) is 10.1. The maximum absolute atomic E-state index is 12.6. The monoisotopic (exact) mass is 294 g/mol. The van der Waals surface area contributed by atoms with Crippen LogP contribution in [0.3, 0.4) is 0 Å². The minimum Gasteiger partial charge on any atom is -0.375 e. The summed E-state index contributed by atoms with van der Waals surface area (Å²) in [6.45, 7) is 3.43. The zero-order valence-electron chi connectivity index (χ0n) is 12.0. The Balaban J connectivity index is 2.28. The molecule has 1 N–H and O–H groups in total. The summed E-state index contributed by atoms with van der Waals surface area (Å²) in [4.78, 5) is 28.5. The molecule has 0 saturated carbocycles. The van der Waals surface area contributed by atoms with E-state index in [1.54, 1.807) is 11.9 Å². The summed E-state index contributed by atoms with van der Waals surface area (Å²) < 4.78 is 5.53. The van der Waals surface area contributed by atoms with Gasteiger partial charge in [-0.2, -0.15) is 0 Å². The van der Waals surface area contributed by atoms with Crippen LogP contribution in [0.25, 0.3) is 0 Å². The quantitative estimate of drug-likeness (QED) is 0.663. The van der Waals surface area contributed by atoms with Crippen LogP contribution in [-0.2, 0) is 4.74 Å². The van der Waals surface area contributed by atoms with Gasteiger partial charge in [0.05, 0.1) is 23.2 Å². The number of rotatable bonds is 4. The average Bonchev–Trinajstić information content (AvgIpc) is 2.53. The zero-order valence-corrected chi connectivity index (χ0v) is 12.0. The van der Waals surface area contributed by atoms with Crippen LogP contribution in [0.15, 0.2) is 12.3 Å². The molecule has 1 fully saturated rings. The number of hydrogen-bond donors (Lipinski definition) is 1. The molecule has 2 rings (SSSR count). The molecule has 0 radical (unpaired) electrons. The SMILES string of the molecule is CCC1CN(C(=O)c2cc([N+](=O)[O-])cnc2NC)CCO1. The number of carbonyl (C=O) groups excluding carboxylic acids is 1. The van der Waals surface area contributed by atoms with Gasteiger partial charge in [-0.05, 0) is 6.42 Å². The van der Waals surface area contributed by atoms with Gasteiger partial charge in [-0.1, -0.05) is 6.92 Å². The molecule has 1 atom stereocenters. The number of nitro groups is 1. The number of anilines is 1. The molecule has 1 unspecified atom stereocenters. The van der Waals surface area contributed by atoms with Crippen LogP contribution in [0, 0.1) is 10.1 Å². The Morgan fingerprint density at radius 2 is 2.43 bits per heavy atom. The van der Waals surface area contributed by atoms with Crippen molar-refractivity contribution in [3.05, 3.63) is 27.9 Å². The summed E-state index contributed by atoms with van der Waals surface area (Å²) in [7, 11) is 1.62. The Bertz CT molecular complexity index is 549. The van der Waals surface area contributed by atoms with E-state index in [1.165, 1.54) is 6.07 Å². The molecule has 0 aromatic carbocycles. The molecule has 0 spiro atoms. The lowest BCUT2D eigenvalue weighted by molar-refractivity contribution is -0.385. The third-order valence-corrected chi connectivity index (χ3v) is 3.43. The number of carbonyl (C=O) groups is 1. The van der Waals surface area contributed by atoms with Crippen LogP contribution in [-0.4, -0.2) is 53.6 Å². The Morgan fingerprint density at radius 1 is 1.67 bits per heavy atom. The lowest BCUT2D eigenvalue weighted by atomic mass is 10.1. The van der Waals surface area contributed by atoms with E-state index in [2.05, 4.69) is 10.3 Å². The van der Waals surface area contributed by atoms with E-state index in [-0.39, 0.29) is 23.3 Å². The van der Waals surface area contributed by atoms with Crippen LogP contribution >= 0.6 is 0 Å². The number of aromatic nitrogens is 1. The molecule has 1 aliphatic rings. The van der Waals surface area contributed by atoms with Gasteiger partial charge in [-0.25, -0.2) is 4.98 Å². The molecular formula is C13H18N4O4. The van der Waals surface area contributed by atoms with Crippen molar-refractivity contribution < 1.29 is 14.5 Å². The second-order valence-corrected chi connectivity index (χ2v) is 4.75.